The van der Waals surface area contributed by atoms with Gasteiger partial charge in [0.2, 0.25) is 0 Å². The minimum atomic E-state index is -4.90. The Labute approximate surface area is 163 Å². The maximum atomic E-state index is 13.7. The molecule has 0 radical (unpaired) electrons. The van der Waals surface area contributed by atoms with Crippen LogP contribution in [-0.2, 0) is 16.1 Å². The van der Waals surface area contributed by atoms with Crippen molar-refractivity contribution in [1.29, 1.82) is 0 Å². The number of amidine groups is 1. The van der Waals surface area contributed by atoms with E-state index in [4.69, 9.17) is 9.47 Å². The predicted molar refractivity (Wildman–Crippen MR) is 94.2 cm³/mol. The summed E-state index contributed by atoms with van der Waals surface area (Å²) in [5, 5.41) is 21.1. The number of hydrogen-bond donors (Lipinski definition) is 2. The van der Waals surface area contributed by atoms with Gasteiger partial charge in [-0.05, 0) is 6.07 Å². The molecule has 0 bridgehead atoms. The molecule has 2 N–H and O–H groups in total. The van der Waals surface area contributed by atoms with Gasteiger partial charge in [-0.3, -0.25) is 4.99 Å². The van der Waals surface area contributed by atoms with Crippen LogP contribution in [0.5, 0.6) is 0 Å². The molecule has 1 fully saturated rings. The topological polar surface area (TPSA) is 74.5 Å². The molecular weight excluding hydrogens is 404 g/mol. The molecule has 6 nitrogen and oxygen atoms in total. The number of aliphatic imine (C=N–C) groups is 1. The Morgan fingerprint density at radius 2 is 1.93 bits per heavy atom. The first-order valence-corrected chi connectivity index (χ1v) is 9.32. The molecule has 1 unspecified atom stereocenters. The number of aliphatic hydroxyl groups excluding tert-OH is 2. The van der Waals surface area contributed by atoms with Gasteiger partial charge in [-0.1, -0.05) is 30.0 Å². The molecule has 3 rings (SSSR count). The van der Waals surface area contributed by atoms with Crippen LogP contribution in [0.1, 0.15) is 5.56 Å². The zero-order chi connectivity index (χ0) is 20.6. The molecule has 2 heterocycles. The van der Waals surface area contributed by atoms with Gasteiger partial charge in [0.15, 0.2) is 11.3 Å². The van der Waals surface area contributed by atoms with E-state index in [1.54, 1.807) is 19.0 Å². The summed E-state index contributed by atoms with van der Waals surface area (Å²) < 4.78 is 65.0. The SMILES string of the molecule is CN(C)C1=N[C@@H]2[C@@H](O)[C@H](O)[C@@H](C(OCc3ccccc3F)C(F)(F)F)O[C@@H]2S1. The van der Waals surface area contributed by atoms with Crippen molar-refractivity contribution in [2.75, 3.05) is 14.1 Å². The van der Waals surface area contributed by atoms with E-state index in [-0.39, 0.29) is 5.56 Å². The van der Waals surface area contributed by atoms with Gasteiger partial charge in [0.05, 0.1) is 6.61 Å². The van der Waals surface area contributed by atoms with Crippen LogP contribution in [0, 0.1) is 5.82 Å². The summed E-state index contributed by atoms with van der Waals surface area (Å²) in [7, 11) is 3.39. The van der Waals surface area contributed by atoms with Crippen LogP contribution in [-0.4, -0.2) is 76.4 Å². The fourth-order valence-corrected chi connectivity index (χ4v) is 4.16. The number of hydrogen-bond acceptors (Lipinski definition) is 7. The van der Waals surface area contributed by atoms with Crippen molar-refractivity contribution in [3.8, 4) is 0 Å². The van der Waals surface area contributed by atoms with Crippen molar-refractivity contribution in [3.05, 3.63) is 35.6 Å². The van der Waals surface area contributed by atoms with E-state index in [1.165, 1.54) is 18.2 Å². The number of halogens is 4. The summed E-state index contributed by atoms with van der Waals surface area (Å²) in [6.07, 6.45) is -12.8. The lowest BCUT2D eigenvalue weighted by atomic mass is 9.94. The smallest absolute Gasteiger partial charge is 0.388 e. The molecule has 0 aliphatic carbocycles. The number of benzene rings is 1. The number of aliphatic hydroxyl groups is 2. The molecule has 1 aromatic carbocycles. The molecule has 156 valence electrons. The molecule has 28 heavy (non-hydrogen) atoms. The third-order valence-corrected chi connectivity index (χ3v) is 5.77. The van der Waals surface area contributed by atoms with Crippen LogP contribution in [0.3, 0.4) is 0 Å². The average Bonchev–Trinajstić information content (AvgIpc) is 3.04. The average molecular weight is 424 g/mol. The van der Waals surface area contributed by atoms with E-state index < -0.39 is 54.5 Å². The Balaban J connectivity index is 1.78. The number of ether oxygens (including phenoxy) is 2. The number of nitrogens with zero attached hydrogens (tertiary/aromatic N) is 2. The number of alkyl halides is 3. The Morgan fingerprint density at radius 3 is 2.54 bits per heavy atom. The summed E-state index contributed by atoms with van der Waals surface area (Å²) in [5.41, 5.74) is -0.961. The number of rotatable bonds is 4. The molecule has 2 aliphatic heterocycles. The van der Waals surface area contributed by atoms with Crippen molar-refractivity contribution < 1.29 is 37.2 Å². The first-order chi connectivity index (χ1) is 13.1. The van der Waals surface area contributed by atoms with Crippen molar-refractivity contribution in [2.45, 2.75) is 48.7 Å². The lowest BCUT2D eigenvalue weighted by molar-refractivity contribution is -0.287. The van der Waals surface area contributed by atoms with Crippen LogP contribution in [0.15, 0.2) is 29.3 Å². The molecular formula is C17H20F4N2O4S. The van der Waals surface area contributed by atoms with Gasteiger partial charge in [-0.25, -0.2) is 4.39 Å². The Hall–Kier alpha value is -1.40. The van der Waals surface area contributed by atoms with E-state index in [1.807, 2.05) is 0 Å². The van der Waals surface area contributed by atoms with Gasteiger partial charge >= 0.3 is 6.18 Å². The van der Waals surface area contributed by atoms with Gasteiger partial charge in [0.1, 0.15) is 35.6 Å². The Kier molecular flexibility index (Phi) is 6.20. The van der Waals surface area contributed by atoms with Gasteiger partial charge in [0, 0.05) is 19.7 Å². The molecule has 1 saturated heterocycles. The highest BCUT2D eigenvalue weighted by Gasteiger charge is 2.57. The summed E-state index contributed by atoms with van der Waals surface area (Å²) in [6, 6.07) is 4.39. The quantitative estimate of drug-likeness (QED) is 0.718. The van der Waals surface area contributed by atoms with E-state index in [2.05, 4.69) is 4.99 Å². The molecule has 6 atom stereocenters. The Bertz CT molecular complexity index is 733. The molecule has 11 heteroatoms. The van der Waals surface area contributed by atoms with Gasteiger partial charge < -0.3 is 24.6 Å². The van der Waals surface area contributed by atoms with E-state index in [0.29, 0.717) is 5.17 Å². The van der Waals surface area contributed by atoms with E-state index in [0.717, 1.165) is 17.8 Å². The van der Waals surface area contributed by atoms with Gasteiger partial charge in [-0.15, -0.1) is 0 Å². The fraction of sp³-hybridized carbons (Fsp3) is 0.588. The fourth-order valence-electron chi connectivity index (χ4n) is 3.01. The minimum Gasteiger partial charge on any atom is -0.388 e. The lowest BCUT2D eigenvalue weighted by Gasteiger charge is -2.41. The van der Waals surface area contributed by atoms with E-state index in [9.17, 15) is 27.8 Å². The van der Waals surface area contributed by atoms with Crippen molar-refractivity contribution >= 4 is 16.9 Å². The second-order valence-electron chi connectivity index (χ2n) is 6.73. The Morgan fingerprint density at radius 1 is 1.25 bits per heavy atom. The standard InChI is InChI=1S/C17H20F4N2O4S/c1-23(2)16-22-10-11(24)12(25)13(27-15(10)28-16)14(17(19,20)21)26-7-8-5-3-4-6-9(8)18/h3-6,10-15,24-25H,7H2,1-2H3/t10-,11-,12+,13+,14?,15-/m1/s1. The zero-order valence-corrected chi connectivity index (χ0v) is 15.8. The molecule has 0 amide bonds. The largest absolute Gasteiger partial charge is 0.417 e. The van der Waals surface area contributed by atoms with Crippen molar-refractivity contribution in [3.63, 3.8) is 0 Å². The highest BCUT2D eigenvalue weighted by molar-refractivity contribution is 8.14. The van der Waals surface area contributed by atoms with Gasteiger partial charge in [0.25, 0.3) is 0 Å². The lowest BCUT2D eigenvalue weighted by Crippen LogP contribution is -2.61. The first kappa shape index (κ1) is 21.3. The van der Waals surface area contributed by atoms with Crippen LogP contribution < -0.4 is 0 Å². The van der Waals surface area contributed by atoms with Crippen LogP contribution >= 0.6 is 11.8 Å². The third-order valence-electron chi connectivity index (χ3n) is 4.47. The number of fused-ring (bicyclic) bond motifs is 1. The third kappa shape index (κ3) is 4.28. The minimum absolute atomic E-state index is 0.0612. The van der Waals surface area contributed by atoms with Gasteiger partial charge in [-0.2, -0.15) is 13.2 Å². The second-order valence-corrected chi connectivity index (χ2v) is 7.79. The number of thioether (sulfide) groups is 1. The predicted octanol–water partition coefficient (Wildman–Crippen LogP) is 1.75. The summed E-state index contributed by atoms with van der Waals surface area (Å²) >= 11 is 1.06. The zero-order valence-electron chi connectivity index (χ0n) is 15.0. The summed E-state index contributed by atoms with van der Waals surface area (Å²) in [5.74, 6) is -0.705. The first-order valence-electron chi connectivity index (χ1n) is 8.44. The normalized spacial score (nSPS) is 31.3. The maximum Gasteiger partial charge on any atom is 0.417 e. The monoisotopic (exact) mass is 424 g/mol. The maximum absolute atomic E-state index is 13.7. The molecule has 1 aromatic rings. The highest BCUT2D eigenvalue weighted by atomic mass is 32.2. The molecule has 2 aliphatic rings. The van der Waals surface area contributed by atoms with E-state index >= 15 is 0 Å². The van der Waals surface area contributed by atoms with Crippen LogP contribution in [0.2, 0.25) is 0 Å². The molecule has 0 aromatic heterocycles. The molecule has 0 saturated carbocycles. The van der Waals surface area contributed by atoms with Crippen molar-refractivity contribution in [2.24, 2.45) is 4.99 Å². The van der Waals surface area contributed by atoms with Crippen molar-refractivity contribution in [1.82, 2.24) is 4.90 Å². The summed E-state index contributed by atoms with van der Waals surface area (Å²) in [6.45, 7) is -0.666. The van der Waals surface area contributed by atoms with Crippen LogP contribution in [0.25, 0.3) is 0 Å². The summed E-state index contributed by atoms with van der Waals surface area (Å²) in [4.78, 5) is 5.84. The second kappa shape index (κ2) is 8.15. The highest BCUT2D eigenvalue weighted by Crippen LogP contribution is 2.41. The molecule has 0 spiro atoms. The van der Waals surface area contributed by atoms with Crippen LogP contribution in [0.4, 0.5) is 17.6 Å².